The van der Waals surface area contributed by atoms with E-state index in [2.05, 4.69) is 10.4 Å². The number of nitrogens with zero attached hydrogens (tertiary/aromatic N) is 3. The Morgan fingerprint density at radius 2 is 2.23 bits per heavy atom. The molecule has 1 aromatic heterocycles. The third kappa shape index (κ3) is 3.25. The van der Waals surface area contributed by atoms with Crippen LogP contribution in [0.25, 0.3) is 0 Å². The van der Waals surface area contributed by atoms with Crippen molar-refractivity contribution < 1.29 is 9.72 Å². The molecule has 1 heterocycles. The van der Waals surface area contributed by atoms with Gasteiger partial charge in [-0.1, -0.05) is 18.5 Å². The molecule has 0 bridgehead atoms. The van der Waals surface area contributed by atoms with Crippen LogP contribution in [0, 0.1) is 10.1 Å². The highest BCUT2D eigenvalue weighted by Gasteiger charge is 2.18. The zero-order chi connectivity index (χ0) is 16.3. The highest BCUT2D eigenvalue weighted by Crippen LogP contribution is 2.25. The Labute approximate surface area is 132 Å². The molecule has 7 nitrogen and oxygen atoms in total. The topological polar surface area (TPSA) is 90.1 Å². The summed E-state index contributed by atoms with van der Waals surface area (Å²) in [5.74, 6) is 0.0850. The molecule has 0 unspecified atom stereocenters. The maximum atomic E-state index is 12.2. The molecule has 1 aromatic carbocycles. The Morgan fingerprint density at radius 3 is 2.86 bits per heavy atom. The summed E-state index contributed by atoms with van der Waals surface area (Å²) in [5.41, 5.74) is -0.141. The van der Waals surface area contributed by atoms with Crippen molar-refractivity contribution in [2.45, 2.75) is 26.3 Å². The van der Waals surface area contributed by atoms with E-state index in [9.17, 15) is 14.9 Å². The lowest BCUT2D eigenvalue weighted by Crippen LogP contribution is -2.17. The SMILES string of the molecule is CC[C@H](C)n1nccc1NC(=O)c1ccc(Cl)c([N+](=O)[O-])c1. The fourth-order valence-electron chi connectivity index (χ4n) is 1.92. The number of nitro groups is 1. The normalized spacial score (nSPS) is 12.0. The Kier molecular flexibility index (Phi) is 4.77. The number of amides is 1. The number of hydrogen-bond acceptors (Lipinski definition) is 4. The Morgan fingerprint density at radius 1 is 1.50 bits per heavy atom. The molecule has 2 aromatic rings. The average Bonchev–Trinajstić information content (AvgIpc) is 2.94. The van der Waals surface area contributed by atoms with E-state index in [1.807, 2.05) is 13.8 Å². The summed E-state index contributed by atoms with van der Waals surface area (Å²) in [7, 11) is 0. The first-order chi connectivity index (χ1) is 10.4. The number of hydrogen-bond donors (Lipinski definition) is 1. The summed E-state index contributed by atoms with van der Waals surface area (Å²) in [6.07, 6.45) is 2.45. The number of nitro benzene ring substituents is 1. The van der Waals surface area contributed by atoms with Crippen LogP contribution in [0.3, 0.4) is 0 Å². The van der Waals surface area contributed by atoms with Crippen LogP contribution in [0.4, 0.5) is 11.5 Å². The molecule has 0 saturated carbocycles. The third-order valence-corrected chi connectivity index (χ3v) is 3.64. The first-order valence-electron chi connectivity index (χ1n) is 6.72. The molecule has 8 heteroatoms. The van der Waals surface area contributed by atoms with Crippen LogP contribution in [-0.4, -0.2) is 20.6 Å². The van der Waals surface area contributed by atoms with Gasteiger partial charge in [-0.05, 0) is 25.5 Å². The van der Waals surface area contributed by atoms with E-state index in [4.69, 9.17) is 11.6 Å². The molecular formula is C14H15ClN4O3. The molecule has 0 aliphatic rings. The minimum Gasteiger partial charge on any atom is -0.307 e. The van der Waals surface area contributed by atoms with Crippen LogP contribution in [0.1, 0.15) is 36.7 Å². The minimum atomic E-state index is -0.622. The molecule has 1 amide bonds. The number of carbonyl (C=O) groups excluding carboxylic acids is 1. The average molecular weight is 323 g/mol. The van der Waals surface area contributed by atoms with E-state index in [0.717, 1.165) is 12.5 Å². The van der Waals surface area contributed by atoms with E-state index >= 15 is 0 Å². The molecule has 0 aliphatic heterocycles. The summed E-state index contributed by atoms with van der Waals surface area (Å²) >= 11 is 5.74. The van der Waals surface area contributed by atoms with Crippen molar-refractivity contribution in [2.75, 3.05) is 5.32 Å². The van der Waals surface area contributed by atoms with Gasteiger partial charge < -0.3 is 5.32 Å². The molecule has 0 radical (unpaired) electrons. The van der Waals surface area contributed by atoms with Gasteiger partial charge in [0.25, 0.3) is 11.6 Å². The van der Waals surface area contributed by atoms with Gasteiger partial charge in [0.2, 0.25) is 0 Å². The molecule has 0 aliphatic carbocycles. The lowest BCUT2D eigenvalue weighted by molar-refractivity contribution is -0.384. The number of nitrogens with one attached hydrogen (secondary N) is 1. The Balaban J connectivity index is 2.25. The van der Waals surface area contributed by atoms with Crippen molar-refractivity contribution in [3.05, 3.63) is 51.2 Å². The van der Waals surface area contributed by atoms with Gasteiger partial charge in [0.05, 0.1) is 17.2 Å². The molecule has 22 heavy (non-hydrogen) atoms. The number of rotatable bonds is 5. The number of benzene rings is 1. The van der Waals surface area contributed by atoms with Gasteiger partial charge in [-0.15, -0.1) is 0 Å². The van der Waals surface area contributed by atoms with E-state index in [1.54, 1.807) is 16.9 Å². The lowest BCUT2D eigenvalue weighted by atomic mass is 10.2. The van der Waals surface area contributed by atoms with Crippen molar-refractivity contribution in [3.8, 4) is 0 Å². The van der Waals surface area contributed by atoms with Gasteiger partial charge in [0.15, 0.2) is 0 Å². The van der Waals surface area contributed by atoms with Crippen LogP contribution in [0.5, 0.6) is 0 Å². The number of aromatic nitrogens is 2. The molecule has 1 N–H and O–H groups in total. The highest BCUT2D eigenvalue weighted by molar-refractivity contribution is 6.32. The van der Waals surface area contributed by atoms with Crippen molar-refractivity contribution in [2.24, 2.45) is 0 Å². The summed E-state index contributed by atoms with van der Waals surface area (Å²) < 4.78 is 1.70. The van der Waals surface area contributed by atoms with Crippen LogP contribution in [0.2, 0.25) is 5.02 Å². The van der Waals surface area contributed by atoms with E-state index in [-0.39, 0.29) is 22.3 Å². The van der Waals surface area contributed by atoms with Gasteiger partial charge in [0, 0.05) is 17.7 Å². The summed E-state index contributed by atoms with van der Waals surface area (Å²) in [4.78, 5) is 22.5. The monoisotopic (exact) mass is 322 g/mol. The molecule has 116 valence electrons. The number of halogens is 1. The first-order valence-corrected chi connectivity index (χ1v) is 7.10. The smallest absolute Gasteiger partial charge is 0.288 e. The fraction of sp³-hybridized carbons (Fsp3) is 0.286. The van der Waals surface area contributed by atoms with Gasteiger partial charge >= 0.3 is 0 Å². The number of carbonyl (C=O) groups is 1. The summed E-state index contributed by atoms with van der Waals surface area (Å²) in [6, 6.07) is 5.73. The third-order valence-electron chi connectivity index (χ3n) is 3.33. The second-order valence-corrected chi connectivity index (χ2v) is 5.20. The van der Waals surface area contributed by atoms with Crippen molar-refractivity contribution in [1.29, 1.82) is 0 Å². The minimum absolute atomic E-state index is 0.00815. The largest absolute Gasteiger partial charge is 0.307 e. The molecule has 0 spiro atoms. The quantitative estimate of drug-likeness (QED) is 0.671. The van der Waals surface area contributed by atoms with Crippen LogP contribution in [0.15, 0.2) is 30.5 Å². The molecular weight excluding hydrogens is 308 g/mol. The zero-order valence-corrected chi connectivity index (χ0v) is 12.9. The second kappa shape index (κ2) is 6.57. The second-order valence-electron chi connectivity index (χ2n) is 4.80. The Bertz CT molecular complexity index is 714. The molecule has 1 atom stereocenters. The standard InChI is InChI=1S/C14H15ClN4O3/c1-3-9(2)18-13(6-7-16-18)17-14(20)10-4-5-11(15)12(8-10)19(21)22/h4-9H,3H2,1-2H3,(H,17,20)/t9-/m0/s1. The van der Waals surface area contributed by atoms with Crippen LogP contribution < -0.4 is 5.32 Å². The van der Waals surface area contributed by atoms with Crippen LogP contribution in [-0.2, 0) is 0 Å². The van der Waals surface area contributed by atoms with Gasteiger partial charge in [-0.3, -0.25) is 14.9 Å². The van der Waals surface area contributed by atoms with Crippen molar-refractivity contribution in [1.82, 2.24) is 9.78 Å². The molecule has 0 fully saturated rings. The van der Waals surface area contributed by atoms with Crippen LogP contribution >= 0.6 is 11.6 Å². The fourth-order valence-corrected chi connectivity index (χ4v) is 2.11. The Hall–Kier alpha value is -2.41. The van der Waals surface area contributed by atoms with E-state index in [1.165, 1.54) is 12.1 Å². The van der Waals surface area contributed by atoms with E-state index < -0.39 is 10.8 Å². The maximum Gasteiger partial charge on any atom is 0.288 e. The highest BCUT2D eigenvalue weighted by atomic mass is 35.5. The molecule has 0 saturated heterocycles. The lowest BCUT2D eigenvalue weighted by Gasteiger charge is -2.14. The predicted molar refractivity (Wildman–Crippen MR) is 83.3 cm³/mol. The van der Waals surface area contributed by atoms with Gasteiger partial charge in [-0.25, -0.2) is 4.68 Å². The van der Waals surface area contributed by atoms with Gasteiger partial charge in [0.1, 0.15) is 10.8 Å². The van der Waals surface area contributed by atoms with E-state index in [0.29, 0.717) is 5.82 Å². The van der Waals surface area contributed by atoms with Gasteiger partial charge in [-0.2, -0.15) is 5.10 Å². The summed E-state index contributed by atoms with van der Waals surface area (Å²) in [5, 5.41) is 17.7. The van der Waals surface area contributed by atoms with Crippen molar-refractivity contribution in [3.63, 3.8) is 0 Å². The first kappa shape index (κ1) is 16.0. The predicted octanol–water partition coefficient (Wildman–Crippen LogP) is 3.67. The molecule has 2 rings (SSSR count). The van der Waals surface area contributed by atoms with Crippen molar-refractivity contribution >= 4 is 29.0 Å². The maximum absolute atomic E-state index is 12.2. The number of anilines is 1. The zero-order valence-electron chi connectivity index (χ0n) is 12.1. The summed E-state index contributed by atoms with van der Waals surface area (Å²) in [6.45, 7) is 4.00.